The van der Waals surface area contributed by atoms with Crippen LogP contribution in [0.4, 0.5) is 0 Å². The van der Waals surface area contributed by atoms with Crippen LogP contribution < -0.4 is 0 Å². The summed E-state index contributed by atoms with van der Waals surface area (Å²) in [6.07, 6.45) is 7.12. The Labute approximate surface area is 105 Å². The molecule has 1 aromatic rings. The van der Waals surface area contributed by atoms with Crippen molar-refractivity contribution in [1.82, 2.24) is 4.90 Å². The summed E-state index contributed by atoms with van der Waals surface area (Å²) in [5, 5.41) is 0. The average molecular weight is 229 g/mol. The molecule has 0 amide bonds. The van der Waals surface area contributed by atoms with E-state index >= 15 is 0 Å². The average Bonchev–Trinajstić information content (AvgIpc) is 2.39. The summed E-state index contributed by atoms with van der Waals surface area (Å²) in [7, 11) is 2.33. The molecule has 1 saturated heterocycles. The highest BCUT2D eigenvalue weighted by molar-refractivity contribution is 5.22. The van der Waals surface area contributed by atoms with Crippen LogP contribution in [0.5, 0.6) is 0 Å². The molecule has 0 bridgehead atoms. The molecular weight excluding hydrogens is 206 g/mol. The fourth-order valence-electron chi connectivity index (χ4n) is 4.07. The van der Waals surface area contributed by atoms with Crippen molar-refractivity contribution in [3.05, 3.63) is 35.9 Å². The molecule has 1 aliphatic heterocycles. The minimum atomic E-state index is 0.778. The third-order valence-electron chi connectivity index (χ3n) is 4.81. The van der Waals surface area contributed by atoms with Crippen molar-refractivity contribution in [1.29, 1.82) is 0 Å². The molecular formula is C16H23N. The van der Waals surface area contributed by atoms with E-state index in [0.717, 1.165) is 17.9 Å². The van der Waals surface area contributed by atoms with E-state index in [9.17, 15) is 0 Å². The number of likely N-dealkylation sites (N-methyl/N-ethyl adjacent to an activating group) is 1. The third kappa shape index (κ3) is 2.13. The molecule has 3 atom stereocenters. The molecule has 1 nitrogen and oxygen atoms in total. The monoisotopic (exact) mass is 229 g/mol. The van der Waals surface area contributed by atoms with E-state index in [4.69, 9.17) is 0 Å². The molecule has 0 N–H and O–H groups in total. The molecule has 0 unspecified atom stereocenters. The summed E-state index contributed by atoms with van der Waals surface area (Å²) in [4.78, 5) is 2.63. The van der Waals surface area contributed by atoms with Gasteiger partial charge in [-0.3, -0.25) is 0 Å². The molecule has 0 aromatic heterocycles. The Morgan fingerprint density at radius 3 is 2.59 bits per heavy atom. The van der Waals surface area contributed by atoms with Crippen molar-refractivity contribution in [2.45, 2.75) is 44.1 Å². The highest BCUT2D eigenvalue weighted by atomic mass is 15.1. The number of rotatable bonds is 1. The van der Waals surface area contributed by atoms with Crippen molar-refractivity contribution in [3.8, 4) is 0 Å². The number of benzene rings is 1. The minimum Gasteiger partial charge on any atom is -0.303 e. The van der Waals surface area contributed by atoms with Gasteiger partial charge in [-0.15, -0.1) is 0 Å². The molecule has 1 aromatic carbocycles. The molecule has 1 heterocycles. The van der Waals surface area contributed by atoms with Gasteiger partial charge in [0.25, 0.3) is 0 Å². The van der Waals surface area contributed by atoms with E-state index in [1.807, 2.05) is 0 Å². The maximum Gasteiger partial charge on any atom is 0.0189 e. The van der Waals surface area contributed by atoms with Gasteiger partial charge in [0.1, 0.15) is 0 Å². The summed E-state index contributed by atoms with van der Waals surface area (Å²) < 4.78 is 0. The Balaban J connectivity index is 1.87. The maximum absolute atomic E-state index is 2.63. The molecule has 1 heteroatoms. The zero-order chi connectivity index (χ0) is 11.7. The highest BCUT2D eigenvalue weighted by Gasteiger charge is 2.38. The molecule has 2 aliphatic rings. The van der Waals surface area contributed by atoms with E-state index in [1.165, 1.54) is 38.6 Å². The van der Waals surface area contributed by atoms with Gasteiger partial charge in [-0.25, -0.2) is 0 Å². The molecule has 1 saturated carbocycles. The first-order valence-electron chi connectivity index (χ1n) is 7.11. The second kappa shape index (κ2) is 4.81. The lowest BCUT2D eigenvalue weighted by Crippen LogP contribution is -2.48. The second-order valence-electron chi connectivity index (χ2n) is 5.82. The van der Waals surface area contributed by atoms with E-state index < -0.39 is 0 Å². The molecule has 1 aliphatic carbocycles. The van der Waals surface area contributed by atoms with Crippen molar-refractivity contribution >= 4 is 0 Å². The van der Waals surface area contributed by atoms with Crippen LogP contribution >= 0.6 is 0 Å². The number of hydrogen-bond acceptors (Lipinski definition) is 1. The quantitative estimate of drug-likeness (QED) is 0.710. The van der Waals surface area contributed by atoms with Gasteiger partial charge in [-0.1, -0.05) is 36.8 Å². The van der Waals surface area contributed by atoms with Crippen molar-refractivity contribution in [3.63, 3.8) is 0 Å². The van der Waals surface area contributed by atoms with Crippen LogP contribution in [-0.2, 0) is 0 Å². The van der Waals surface area contributed by atoms with E-state index in [1.54, 1.807) is 5.56 Å². The number of hydrogen-bond donors (Lipinski definition) is 0. The summed E-state index contributed by atoms with van der Waals surface area (Å²) in [6.45, 7) is 1.30. The van der Waals surface area contributed by atoms with E-state index in [0.29, 0.717) is 0 Å². The van der Waals surface area contributed by atoms with Gasteiger partial charge >= 0.3 is 0 Å². The van der Waals surface area contributed by atoms with Crippen LogP contribution in [0.3, 0.4) is 0 Å². The van der Waals surface area contributed by atoms with Crippen molar-refractivity contribution in [2.75, 3.05) is 13.6 Å². The topological polar surface area (TPSA) is 3.24 Å². The highest BCUT2D eigenvalue weighted by Crippen LogP contribution is 2.42. The number of nitrogens with zero attached hydrogens (tertiary/aromatic N) is 1. The fourth-order valence-corrected chi connectivity index (χ4v) is 4.07. The van der Waals surface area contributed by atoms with Gasteiger partial charge in [0.2, 0.25) is 0 Å². The summed E-state index contributed by atoms with van der Waals surface area (Å²) in [6, 6.07) is 12.0. The lowest BCUT2D eigenvalue weighted by Gasteiger charge is -2.47. The molecule has 2 fully saturated rings. The van der Waals surface area contributed by atoms with Crippen LogP contribution in [-0.4, -0.2) is 24.5 Å². The van der Waals surface area contributed by atoms with E-state index in [2.05, 4.69) is 42.3 Å². The van der Waals surface area contributed by atoms with Gasteiger partial charge in [0.15, 0.2) is 0 Å². The normalized spacial score (nSPS) is 34.3. The molecule has 92 valence electrons. The zero-order valence-electron chi connectivity index (χ0n) is 10.8. The van der Waals surface area contributed by atoms with Crippen LogP contribution in [0.2, 0.25) is 0 Å². The Morgan fingerprint density at radius 1 is 1.00 bits per heavy atom. The van der Waals surface area contributed by atoms with Crippen LogP contribution in [0.1, 0.15) is 43.6 Å². The summed E-state index contributed by atoms with van der Waals surface area (Å²) in [5.41, 5.74) is 1.57. The Hall–Kier alpha value is -0.820. The van der Waals surface area contributed by atoms with Crippen molar-refractivity contribution < 1.29 is 0 Å². The molecule has 3 rings (SSSR count). The predicted molar refractivity (Wildman–Crippen MR) is 72.2 cm³/mol. The third-order valence-corrected chi connectivity index (χ3v) is 4.81. The summed E-state index contributed by atoms with van der Waals surface area (Å²) >= 11 is 0. The number of likely N-dealkylation sites (tertiary alicyclic amines) is 1. The van der Waals surface area contributed by atoms with Gasteiger partial charge in [0.05, 0.1) is 0 Å². The van der Waals surface area contributed by atoms with Gasteiger partial charge in [-0.2, -0.15) is 0 Å². The van der Waals surface area contributed by atoms with Gasteiger partial charge in [0, 0.05) is 6.04 Å². The SMILES string of the molecule is CN1CCC[C@@H]2CCC[C@@H](c3ccccc3)[C@H]21. The fraction of sp³-hybridized carbons (Fsp3) is 0.625. The Morgan fingerprint density at radius 2 is 1.76 bits per heavy atom. The van der Waals surface area contributed by atoms with Gasteiger partial charge in [-0.05, 0) is 56.7 Å². The maximum atomic E-state index is 2.63. The molecule has 0 radical (unpaired) electrons. The Kier molecular flexibility index (Phi) is 3.19. The van der Waals surface area contributed by atoms with Crippen molar-refractivity contribution in [2.24, 2.45) is 5.92 Å². The van der Waals surface area contributed by atoms with Gasteiger partial charge < -0.3 is 4.90 Å². The smallest absolute Gasteiger partial charge is 0.0189 e. The van der Waals surface area contributed by atoms with E-state index in [-0.39, 0.29) is 0 Å². The largest absolute Gasteiger partial charge is 0.303 e. The lowest BCUT2D eigenvalue weighted by molar-refractivity contribution is 0.0658. The van der Waals surface area contributed by atoms with Crippen LogP contribution in [0.15, 0.2) is 30.3 Å². The van der Waals surface area contributed by atoms with Crippen LogP contribution in [0, 0.1) is 5.92 Å². The Bertz CT molecular complexity index is 357. The number of fused-ring (bicyclic) bond motifs is 1. The predicted octanol–water partition coefficient (Wildman–Crippen LogP) is 3.66. The zero-order valence-corrected chi connectivity index (χ0v) is 10.8. The van der Waals surface area contributed by atoms with Crippen LogP contribution in [0.25, 0.3) is 0 Å². The minimum absolute atomic E-state index is 0.778. The second-order valence-corrected chi connectivity index (χ2v) is 5.82. The first kappa shape index (κ1) is 11.3. The lowest BCUT2D eigenvalue weighted by atomic mass is 9.70. The molecule has 0 spiro atoms. The standard InChI is InChI=1S/C16H23N/c1-17-12-6-10-14-9-5-11-15(16(14)17)13-7-3-2-4-8-13/h2-4,7-8,14-16H,5-6,9-12H2,1H3/t14-,15-,16-/m0/s1. The first-order valence-corrected chi connectivity index (χ1v) is 7.11. The summed E-state index contributed by atoms with van der Waals surface area (Å²) in [5.74, 6) is 1.73. The first-order chi connectivity index (χ1) is 8.36. The molecule has 17 heavy (non-hydrogen) atoms. The number of piperidine rings is 1.